The second-order valence-electron chi connectivity index (χ2n) is 7.76. The van der Waals surface area contributed by atoms with E-state index in [2.05, 4.69) is 25.3 Å². The fourth-order valence-electron chi connectivity index (χ4n) is 3.09. The van der Waals surface area contributed by atoms with Crippen LogP contribution >= 0.6 is 11.6 Å². The van der Waals surface area contributed by atoms with Crippen molar-refractivity contribution in [2.24, 2.45) is 0 Å². The number of nitrogens with zero attached hydrogens (tertiary/aromatic N) is 2. The van der Waals surface area contributed by atoms with Gasteiger partial charge in [-0.25, -0.2) is 9.97 Å². The number of carbonyl (C=O) groups excluding carboxylic acids is 3. The minimum absolute atomic E-state index is 0.144. The number of carbonyl (C=O) groups is 3. The van der Waals surface area contributed by atoms with E-state index in [4.69, 9.17) is 16.3 Å². The van der Waals surface area contributed by atoms with E-state index in [1.807, 2.05) is 0 Å². The van der Waals surface area contributed by atoms with Gasteiger partial charge in [-0.1, -0.05) is 29.8 Å². The van der Waals surface area contributed by atoms with Crippen molar-refractivity contribution >= 4 is 29.4 Å². The van der Waals surface area contributed by atoms with Gasteiger partial charge in [-0.2, -0.15) is 0 Å². The van der Waals surface area contributed by atoms with Gasteiger partial charge in [-0.15, -0.1) is 0 Å². The van der Waals surface area contributed by atoms with E-state index >= 15 is 0 Å². The van der Waals surface area contributed by atoms with Crippen LogP contribution in [-0.2, 0) is 20.9 Å². The molecule has 0 spiro atoms. The lowest BCUT2D eigenvalue weighted by Crippen LogP contribution is -2.47. The lowest BCUT2D eigenvalue weighted by molar-refractivity contribution is -0.143. The lowest BCUT2D eigenvalue weighted by atomic mass is 10.1. The zero-order valence-corrected chi connectivity index (χ0v) is 20.4. The highest BCUT2D eigenvalue weighted by molar-refractivity contribution is 6.32. The number of methoxy groups -OCH3 is 1. The Hall–Kier alpha value is -4.02. The first-order valence-electron chi connectivity index (χ1n) is 10.9. The number of rotatable bonds is 10. The number of hydrogen-bond donors (Lipinski definition) is 3. The van der Waals surface area contributed by atoms with E-state index < -0.39 is 29.9 Å². The highest BCUT2D eigenvalue weighted by Crippen LogP contribution is 2.31. The van der Waals surface area contributed by atoms with Gasteiger partial charge in [0.15, 0.2) is 0 Å². The van der Waals surface area contributed by atoms with Crippen molar-refractivity contribution in [3.05, 3.63) is 82.9 Å². The maximum absolute atomic E-state index is 12.7. The van der Waals surface area contributed by atoms with Crippen LogP contribution in [0.3, 0.4) is 0 Å². The second-order valence-corrected chi connectivity index (χ2v) is 8.17. The summed E-state index contributed by atoms with van der Waals surface area (Å²) in [4.78, 5) is 44.4. The van der Waals surface area contributed by atoms with Gasteiger partial charge in [-0.3, -0.25) is 14.4 Å². The Morgan fingerprint density at radius 2 is 1.78 bits per heavy atom. The minimum Gasteiger partial charge on any atom is -0.469 e. The zero-order chi connectivity index (χ0) is 26.1. The van der Waals surface area contributed by atoms with E-state index in [9.17, 15) is 19.5 Å². The van der Waals surface area contributed by atoms with Crippen molar-refractivity contribution in [1.82, 2.24) is 20.6 Å². The number of aliphatic hydroxyl groups excluding tert-OH is 1. The van der Waals surface area contributed by atoms with Crippen molar-refractivity contribution in [2.75, 3.05) is 7.11 Å². The molecular formula is C25H25ClN4O6. The third-order valence-electron chi connectivity index (χ3n) is 5.10. The molecule has 36 heavy (non-hydrogen) atoms. The van der Waals surface area contributed by atoms with Gasteiger partial charge in [-0.05, 0) is 42.3 Å². The van der Waals surface area contributed by atoms with Crippen molar-refractivity contribution in [1.29, 1.82) is 0 Å². The van der Waals surface area contributed by atoms with Crippen LogP contribution < -0.4 is 15.4 Å². The summed E-state index contributed by atoms with van der Waals surface area (Å²) >= 11 is 6.24. The molecule has 1 heterocycles. The molecule has 1 unspecified atom stereocenters. The molecule has 2 aromatic carbocycles. The van der Waals surface area contributed by atoms with Crippen LogP contribution in [0.15, 0.2) is 61.2 Å². The first kappa shape index (κ1) is 26.6. The Kier molecular flexibility index (Phi) is 9.32. The Morgan fingerprint density at radius 1 is 1.08 bits per heavy atom. The van der Waals surface area contributed by atoms with Crippen molar-refractivity contribution in [3.63, 3.8) is 0 Å². The monoisotopic (exact) mass is 512 g/mol. The molecule has 0 bridgehead atoms. The maximum atomic E-state index is 12.7. The lowest BCUT2D eigenvalue weighted by Gasteiger charge is -2.17. The fourth-order valence-corrected chi connectivity index (χ4v) is 3.32. The van der Waals surface area contributed by atoms with Crippen molar-refractivity contribution < 1.29 is 29.0 Å². The summed E-state index contributed by atoms with van der Waals surface area (Å²) in [6.45, 7) is 1.79. The standard InChI is InChI=1S/C25H25ClN4O6/c1-15(31)17-5-8-22(20(26)9-17)36-19-6-3-16(4-7-19)11-29-25(34)21(10-23(32)35-2)30-24(33)18-12-27-14-28-13-18/h3-9,12-15,21,31H,10-11H2,1-2H3,(H,29,34)(H,30,33)/t15?,21-/m0/s1. The van der Waals surface area contributed by atoms with Gasteiger partial charge in [0.25, 0.3) is 5.91 Å². The Bertz CT molecular complexity index is 1200. The molecular weight excluding hydrogens is 488 g/mol. The number of nitrogens with one attached hydrogen (secondary N) is 2. The number of benzene rings is 2. The molecule has 0 aliphatic carbocycles. The summed E-state index contributed by atoms with van der Waals surface area (Å²) in [5.41, 5.74) is 1.58. The van der Waals surface area contributed by atoms with E-state index in [1.165, 1.54) is 25.8 Å². The molecule has 11 heteroatoms. The molecule has 0 fully saturated rings. The fraction of sp³-hybridized carbons (Fsp3) is 0.240. The first-order valence-corrected chi connectivity index (χ1v) is 11.3. The molecule has 2 amide bonds. The molecule has 1 aromatic heterocycles. The van der Waals surface area contributed by atoms with Crippen molar-refractivity contribution in [2.45, 2.75) is 32.0 Å². The summed E-state index contributed by atoms with van der Waals surface area (Å²) < 4.78 is 10.4. The number of ether oxygens (including phenoxy) is 2. The summed E-state index contributed by atoms with van der Waals surface area (Å²) in [5, 5.41) is 15.2. The summed E-state index contributed by atoms with van der Waals surface area (Å²) in [6.07, 6.45) is 2.89. The molecule has 3 N–H and O–H groups in total. The van der Waals surface area contributed by atoms with E-state index in [0.717, 1.165) is 5.56 Å². The van der Waals surface area contributed by atoms with Crippen molar-refractivity contribution in [3.8, 4) is 11.5 Å². The SMILES string of the molecule is COC(=O)C[C@H](NC(=O)c1cncnc1)C(=O)NCc1ccc(Oc2ccc(C(C)O)cc2Cl)cc1. The van der Waals surface area contributed by atoms with Crippen LogP contribution in [-0.4, -0.2) is 46.0 Å². The highest BCUT2D eigenvalue weighted by atomic mass is 35.5. The van der Waals surface area contributed by atoms with Gasteiger partial charge in [0.2, 0.25) is 5.91 Å². The highest BCUT2D eigenvalue weighted by Gasteiger charge is 2.25. The molecule has 0 saturated heterocycles. The predicted octanol–water partition coefficient (Wildman–Crippen LogP) is 2.95. The molecule has 0 radical (unpaired) electrons. The molecule has 3 rings (SSSR count). The van der Waals surface area contributed by atoms with Gasteiger partial charge in [0, 0.05) is 18.9 Å². The van der Waals surface area contributed by atoms with Gasteiger partial charge >= 0.3 is 5.97 Å². The topological polar surface area (TPSA) is 140 Å². The van der Waals surface area contributed by atoms with Crippen LogP contribution in [0, 0.1) is 0 Å². The largest absolute Gasteiger partial charge is 0.469 e. The average Bonchev–Trinajstić information content (AvgIpc) is 2.89. The zero-order valence-electron chi connectivity index (χ0n) is 19.6. The average molecular weight is 513 g/mol. The Morgan fingerprint density at radius 3 is 2.39 bits per heavy atom. The normalized spacial score (nSPS) is 12.2. The molecule has 10 nitrogen and oxygen atoms in total. The number of aliphatic hydroxyl groups is 1. The number of esters is 1. The predicted molar refractivity (Wildman–Crippen MR) is 130 cm³/mol. The van der Waals surface area contributed by atoms with Gasteiger partial charge in [0.05, 0.1) is 30.2 Å². The first-order chi connectivity index (χ1) is 17.3. The second kappa shape index (κ2) is 12.6. The third kappa shape index (κ3) is 7.49. The van der Waals surface area contributed by atoms with E-state index in [0.29, 0.717) is 22.1 Å². The molecule has 2 atom stereocenters. The molecule has 0 aliphatic rings. The van der Waals surface area contributed by atoms with Crippen LogP contribution in [0.25, 0.3) is 0 Å². The molecule has 0 aliphatic heterocycles. The number of halogens is 1. The van der Waals surface area contributed by atoms with E-state index in [-0.39, 0.29) is 18.5 Å². The molecule has 188 valence electrons. The van der Waals surface area contributed by atoms with Gasteiger partial charge < -0.3 is 25.2 Å². The number of amides is 2. The minimum atomic E-state index is -1.15. The Balaban J connectivity index is 1.60. The summed E-state index contributed by atoms with van der Waals surface area (Å²) in [7, 11) is 1.20. The number of hydrogen-bond acceptors (Lipinski definition) is 8. The summed E-state index contributed by atoms with van der Waals surface area (Å²) in [5.74, 6) is -0.844. The maximum Gasteiger partial charge on any atom is 0.308 e. The number of aromatic nitrogens is 2. The third-order valence-corrected chi connectivity index (χ3v) is 5.39. The van der Waals surface area contributed by atoms with Crippen LogP contribution in [0.1, 0.15) is 40.9 Å². The van der Waals surface area contributed by atoms with E-state index in [1.54, 1.807) is 49.4 Å². The summed E-state index contributed by atoms with van der Waals surface area (Å²) in [6, 6.07) is 10.8. The molecule has 0 saturated carbocycles. The smallest absolute Gasteiger partial charge is 0.308 e. The van der Waals surface area contributed by atoms with Crippen LogP contribution in [0.2, 0.25) is 5.02 Å². The molecule has 3 aromatic rings. The quantitative estimate of drug-likeness (QED) is 0.352. The van der Waals surface area contributed by atoms with Crippen LogP contribution in [0.5, 0.6) is 11.5 Å². The Labute approximate surface area is 212 Å². The van der Waals surface area contributed by atoms with Crippen LogP contribution in [0.4, 0.5) is 0 Å². The van der Waals surface area contributed by atoms with Gasteiger partial charge in [0.1, 0.15) is 23.9 Å².